The maximum atomic E-state index is 12.1. The number of aliphatic hydroxyl groups excluding tert-OH is 1. The van der Waals surface area contributed by atoms with E-state index in [2.05, 4.69) is 33.0 Å². The minimum atomic E-state index is -0.892. The summed E-state index contributed by atoms with van der Waals surface area (Å²) in [6.45, 7) is 12.6. The van der Waals surface area contributed by atoms with Crippen LogP contribution in [0, 0.1) is 5.41 Å². The molecule has 296 valence electrons. The van der Waals surface area contributed by atoms with Crippen molar-refractivity contribution in [2.45, 2.75) is 157 Å². The first-order chi connectivity index (χ1) is 26.4. The minimum Gasteiger partial charge on any atom is -0.509 e. The lowest BCUT2D eigenvalue weighted by Gasteiger charge is -2.26. The Labute approximate surface area is 328 Å². The van der Waals surface area contributed by atoms with Gasteiger partial charge in [0.15, 0.2) is 0 Å². The van der Waals surface area contributed by atoms with Crippen LogP contribution in [-0.2, 0) is 9.59 Å². The molecule has 0 spiro atoms. The molecule has 9 heteroatoms. The van der Waals surface area contributed by atoms with Crippen LogP contribution in [0.1, 0.15) is 157 Å². The van der Waals surface area contributed by atoms with Crippen molar-refractivity contribution in [2.24, 2.45) is 20.4 Å². The fourth-order valence-corrected chi connectivity index (χ4v) is 8.27. The maximum absolute atomic E-state index is 12.1. The molecule has 0 aromatic carbocycles. The molecule has 9 nitrogen and oxygen atoms in total. The Bertz CT molecular complexity index is 1910. The van der Waals surface area contributed by atoms with Crippen molar-refractivity contribution in [3.63, 3.8) is 0 Å². The highest BCUT2D eigenvalue weighted by atomic mass is 16.4. The molecule has 55 heavy (non-hydrogen) atoms. The third kappa shape index (κ3) is 9.83. The van der Waals surface area contributed by atoms with Crippen LogP contribution in [0.3, 0.4) is 0 Å². The SMILES string of the molecule is CCCCCCCCC1=C(C)C2=NC1=CC1=C(O)C(C)(CCCCCCCC)C(=CC3=NC(=CC4=NC(=C2)C(C)=C4CCC(=O)O)C(CCC(=O)O)=C3C)N1. The van der Waals surface area contributed by atoms with E-state index in [1.54, 1.807) is 0 Å². The van der Waals surface area contributed by atoms with Crippen LogP contribution in [0.4, 0.5) is 0 Å². The summed E-state index contributed by atoms with van der Waals surface area (Å²) in [6.07, 6.45) is 24.1. The first kappa shape index (κ1) is 41.6. The van der Waals surface area contributed by atoms with Crippen LogP contribution in [0.15, 0.2) is 107 Å². The zero-order valence-corrected chi connectivity index (χ0v) is 34.0. The number of allylic oxidation sites excluding steroid dienone is 10. The highest BCUT2D eigenvalue weighted by Gasteiger charge is 2.42. The number of aliphatic hydroxyl groups is 1. The van der Waals surface area contributed by atoms with Gasteiger partial charge >= 0.3 is 11.9 Å². The molecule has 0 radical (unpaired) electrons. The van der Waals surface area contributed by atoms with Gasteiger partial charge in [0.1, 0.15) is 5.76 Å². The van der Waals surface area contributed by atoms with Crippen LogP contribution >= 0.6 is 0 Å². The third-order valence-electron chi connectivity index (χ3n) is 11.9. The number of unbranched alkanes of at least 4 members (excludes halogenated alkanes) is 10. The van der Waals surface area contributed by atoms with Crippen molar-refractivity contribution in [1.82, 2.24) is 5.32 Å². The summed E-state index contributed by atoms with van der Waals surface area (Å²) < 4.78 is 0. The van der Waals surface area contributed by atoms with Gasteiger partial charge in [-0.15, -0.1) is 0 Å². The lowest BCUT2D eigenvalue weighted by molar-refractivity contribution is -0.137. The number of hydrogen-bond acceptors (Lipinski definition) is 7. The summed E-state index contributed by atoms with van der Waals surface area (Å²) in [5.74, 6) is -1.47. The predicted molar refractivity (Wildman–Crippen MR) is 223 cm³/mol. The number of aliphatic imine (C=N–C) groups is 3. The van der Waals surface area contributed by atoms with Gasteiger partial charge in [0, 0.05) is 18.5 Å². The lowest BCUT2D eigenvalue weighted by Crippen LogP contribution is -2.23. The molecular formula is C46H62N4O5. The molecular weight excluding hydrogens is 689 g/mol. The van der Waals surface area contributed by atoms with Gasteiger partial charge in [-0.2, -0.15) is 0 Å². The second-order valence-corrected chi connectivity index (χ2v) is 16.0. The van der Waals surface area contributed by atoms with Crippen molar-refractivity contribution >= 4 is 29.1 Å². The van der Waals surface area contributed by atoms with Crippen LogP contribution in [0.2, 0.25) is 0 Å². The van der Waals surface area contributed by atoms with E-state index in [1.165, 1.54) is 56.9 Å². The molecule has 0 saturated carbocycles. The number of rotatable bonds is 20. The van der Waals surface area contributed by atoms with Crippen LogP contribution in [0.25, 0.3) is 0 Å². The Morgan fingerprint density at radius 2 is 1.09 bits per heavy atom. The van der Waals surface area contributed by atoms with E-state index in [1.807, 2.05) is 38.2 Å². The standard InChI is InChI=1S/C46H62N4O5/c1-7-9-11-13-15-17-19-32-29(3)35-25-36-30(4)33(20-22-43(51)52)38(47-36)26-39-34(21-23-44(53)54)31(5)37(49-39)28-42-46(6,24-18-16-14-12-10-8-2)45(55)41(50-42)27-40(32)48-35/h25-28,50,55H,7-24H2,1-6H3,(H,51,52)(H,53,54). The lowest BCUT2D eigenvalue weighted by atomic mass is 9.80. The first-order valence-corrected chi connectivity index (χ1v) is 20.8. The number of carboxylic acids is 2. The minimum absolute atomic E-state index is 0.0415. The molecule has 5 aliphatic heterocycles. The van der Waals surface area contributed by atoms with Gasteiger partial charge in [0.05, 0.1) is 45.3 Å². The largest absolute Gasteiger partial charge is 0.509 e. The van der Waals surface area contributed by atoms with Gasteiger partial charge in [-0.05, 0) is 118 Å². The number of carbonyl (C=O) groups is 2. The molecule has 0 amide bonds. The van der Waals surface area contributed by atoms with E-state index in [9.17, 15) is 24.9 Å². The molecule has 0 aromatic heterocycles. The summed E-state index contributed by atoms with van der Waals surface area (Å²) in [5, 5.41) is 35.1. The number of aliphatic carboxylic acids is 2. The average Bonchev–Trinajstić information content (AvgIpc) is 3.78. The van der Waals surface area contributed by atoms with Gasteiger partial charge in [0.25, 0.3) is 0 Å². The molecule has 0 aliphatic carbocycles. The van der Waals surface area contributed by atoms with E-state index in [0.717, 1.165) is 89.2 Å². The molecule has 5 rings (SSSR count). The Morgan fingerprint density at radius 1 is 0.600 bits per heavy atom. The highest BCUT2D eigenvalue weighted by Crippen LogP contribution is 2.46. The van der Waals surface area contributed by atoms with Crippen molar-refractivity contribution in [3.05, 3.63) is 92.0 Å². The van der Waals surface area contributed by atoms with Gasteiger partial charge < -0.3 is 20.6 Å². The van der Waals surface area contributed by atoms with Gasteiger partial charge in [-0.3, -0.25) is 9.59 Å². The van der Waals surface area contributed by atoms with E-state index in [-0.39, 0.29) is 19.3 Å². The summed E-state index contributed by atoms with van der Waals surface area (Å²) >= 11 is 0. The quantitative estimate of drug-likeness (QED) is 0.0912. The molecule has 0 aromatic rings. The van der Waals surface area contributed by atoms with Crippen molar-refractivity contribution in [2.75, 3.05) is 0 Å². The van der Waals surface area contributed by atoms with E-state index in [4.69, 9.17) is 15.0 Å². The Hall–Kier alpha value is -4.53. The normalized spacial score (nSPS) is 20.7. The van der Waals surface area contributed by atoms with E-state index >= 15 is 0 Å². The molecule has 4 N–H and O–H groups in total. The monoisotopic (exact) mass is 750 g/mol. The highest BCUT2D eigenvalue weighted by molar-refractivity contribution is 6.18. The molecule has 1 atom stereocenters. The van der Waals surface area contributed by atoms with Crippen molar-refractivity contribution in [1.29, 1.82) is 0 Å². The van der Waals surface area contributed by atoms with Crippen molar-refractivity contribution in [3.8, 4) is 0 Å². The molecule has 8 bridgehead atoms. The van der Waals surface area contributed by atoms with E-state index in [0.29, 0.717) is 35.0 Å². The van der Waals surface area contributed by atoms with Crippen LogP contribution < -0.4 is 5.32 Å². The summed E-state index contributed by atoms with van der Waals surface area (Å²) in [6, 6.07) is 0. The third-order valence-corrected chi connectivity index (χ3v) is 11.9. The molecule has 1 unspecified atom stereocenters. The maximum Gasteiger partial charge on any atom is 0.303 e. The Kier molecular flexibility index (Phi) is 14.3. The number of hydrogen-bond donors (Lipinski definition) is 4. The summed E-state index contributed by atoms with van der Waals surface area (Å²) in [4.78, 5) is 38.9. The predicted octanol–water partition coefficient (Wildman–Crippen LogP) is 11.5. The van der Waals surface area contributed by atoms with Crippen LogP contribution in [-0.4, -0.2) is 44.4 Å². The van der Waals surface area contributed by atoms with Gasteiger partial charge in [-0.25, -0.2) is 15.0 Å². The fraction of sp³-hybridized carbons (Fsp3) is 0.543. The summed E-state index contributed by atoms with van der Waals surface area (Å²) in [5.41, 5.74) is 10.9. The molecule has 0 saturated heterocycles. The number of nitrogens with zero attached hydrogens (tertiary/aromatic N) is 3. The molecule has 5 aliphatic rings. The Morgan fingerprint density at radius 3 is 1.71 bits per heavy atom. The topological polar surface area (TPSA) is 144 Å². The second-order valence-electron chi connectivity index (χ2n) is 16.0. The molecule has 0 fully saturated rings. The Balaban J connectivity index is 1.66. The van der Waals surface area contributed by atoms with E-state index < -0.39 is 17.4 Å². The summed E-state index contributed by atoms with van der Waals surface area (Å²) in [7, 11) is 0. The first-order valence-electron chi connectivity index (χ1n) is 20.8. The zero-order chi connectivity index (χ0) is 39.7. The number of fused-ring (bicyclic) bond motifs is 5. The average molecular weight is 751 g/mol. The smallest absolute Gasteiger partial charge is 0.303 e. The number of nitrogens with one attached hydrogen (secondary N) is 1. The van der Waals surface area contributed by atoms with Crippen molar-refractivity contribution < 1.29 is 24.9 Å². The zero-order valence-electron chi connectivity index (χ0n) is 34.0. The van der Waals surface area contributed by atoms with Gasteiger partial charge in [0.2, 0.25) is 0 Å². The van der Waals surface area contributed by atoms with Crippen LogP contribution in [0.5, 0.6) is 0 Å². The second kappa shape index (κ2) is 18.9. The fourth-order valence-electron chi connectivity index (χ4n) is 8.27. The number of carboxylic acid groups (broad SMARTS) is 2. The van der Waals surface area contributed by atoms with Gasteiger partial charge in [-0.1, -0.05) is 84.5 Å². The molecule has 5 heterocycles.